The van der Waals surface area contributed by atoms with E-state index in [4.69, 9.17) is 5.11 Å². The molecule has 0 amide bonds. The van der Waals surface area contributed by atoms with Gasteiger partial charge < -0.3 is 5.11 Å². The Balaban J connectivity index is 2.09. The number of thioether (sulfide) groups is 1. The molecule has 1 aliphatic rings. The number of benzene rings is 1. The van der Waals surface area contributed by atoms with Gasteiger partial charge in [0.15, 0.2) is 0 Å². The van der Waals surface area contributed by atoms with Crippen LogP contribution >= 0.6 is 11.8 Å². The SMILES string of the molecule is O=C(O)[C@H]1CS[C@H](c2ccc([N+](=O)[O-])cc2)N1. The summed E-state index contributed by atoms with van der Waals surface area (Å²) >= 11 is 1.48. The molecule has 0 saturated carbocycles. The molecule has 0 aromatic heterocycles. The van der Waals surface area contributed by atoms with Crippen LogP contribution in [0.2, 0.25) is 0 Å². The predicted octanol–water partition coefficient (Wildman–Crippen LogP) is 1.38. The monoisotopic (exact) mass is 254 g/mol. The highest BCUT2D eigenvalue weighted by atomic mass is 32.2. The Morgan fingerprint density at radius 3 is 2.59 bits per heavy atom. The summed E-state index contributed by atoms with van der Waals surface area (Å²) in [5.74, 6) is -0.376. The van der Waals surface area contributed by atoms with Gasteiger partial charge in [-0.3, -0.25) is 20.2 Å². The number of non-ortho nitro benzene ring substituents is 1. The smallest absolute Gasteiger partial charge is 0.321 e. The number of hydrogen-bond donors (Lipinski definition) is 2. The Bertz CT molecular complexity index is 448. The van der Waals surface area contributed by atoms with Crippen molar-refractivity contribution in [3.63, 3.8) is 0 Å². The summed E-state index contributed by atoms with van der Waals surface area (Å²) in [7, 11) is 0. The maximum atomic E-state index is 10.8. The number of nitro groups is 1. The summed E-state index contributed by atoms with van der Waals surface area (Å²) in [6.45, 7) is 0. The van der Waals surface area contributed by atoms with Crippen LogP contribution in [0.25, 0.3) is 0 Å². The second-order valence-electron chi connectivity index (χ2n) is 3.62. The van der Waals surface area contributed by atoms with E-state index in [-0.39, 0.29) is 11.1 Å². The summed E-state index contributed by atoms with van der Waals surface area (Å²) in [4.78, 5) is 20.8. The molecule has 2 N–H and O–H groups in total. The van der Waals surface area contributed by atoms with E-state index in [0.29, 0.717) is 5.75 Å². The third kappa shape index (κ3) is 2.56. The van der Waals surface area contributed by atoms with Crippen LogP contribution < -0.4 is 5.32 Å². The number of carbonyl (C=O) groups is 1. The van der Waals surface area contributed by atoms with Crippen molar-refractivity contribution in [2.45, 2.75) is 11.4 Å². The van der Waals surface area contributed by atoms with E-state index < -0.39 is 16.9 Å². The molecule has 1 aromatic rings. The molecule has 2 atom stereocenters. The molecule has 0 radical (unpaired) electrons. The number of nitro benzene ring substituents is 1. The van der Waals surface area contributed by atoms with Crippen LogP contribution in [0.3, 0.4) is 0 Å². The molecule has 17 heavy (non-hydrogen) atoms. The molecule has 1 heterocycles. The Hall–Kier alpha value is -1.60. The fourth-order valence-electron chi connectivity index (χ4n) is 1.58. The first-order valence-corrected chi connectivity index (χ1v) is 5.97. The standard InChI is InChI=1S/C10H10N2O4S/c13-10(14)8-5-17-9(11-8)6-1-3-7(4-2-6)12(15)16/h1-4,8-9,11H,5H2,(H,13,14)/t8-,9-/m1/s1. The Morgan fingerprint density at radius 2 is 2.12 bits per heavy atom. The van der Waals surface area contributed by atoms with E-state index >= 15 is 0 Å². The molecule has 0 spiro atoms. The first kappa shape index (κ1) is 11.9. The van der Waals surface area contributed by atoms with Crippen molar-refractivity contribution in [3.8, 4) is 0 Å². The van der Waals surface area contributed by atoms with Crippen LogP contribution in [0, 0.1) is 10.1 Å². The zero-order chi connectivity index (χ0) is 12.4. The van der Waals surface area contributed by atoms with Crippen molar-refractivity contribution in [1.82, 2.24) is 5.32 Å². The highest BCUT2D eigenvalue weighted by Gasteiger charge is 2.30. The lowest BCUT2D eigenvalue weighted by Crippen LogP contribution is -2.33. The Kier molecular flexibility index (Phi) is 3.30. The number of aliphatic carboxylic acids is 1. The van der Waals surface area contributed by atoms with Gasteiger partial charge in [0, 0.05) is 17.9 Å². The summed E-state index contributed by atoms with van der Waals surface area (Å²) in [5.41, 5.74) is 0.885. The van der Waals surface area contributed by atoms with Crippen LogP contribution in [0.1, 0.15) is 10.9 Å². The largest absolute Gasteiger partial charge is 0.480 e. The highest BCUT2D eigenvalue weighted by Crippen LogP contribution is 2.33. The molecule has 1 fully saturated rings. The van der Waals surface area contributed by atoms with Crippen molar-refractivity contribution >= 4 is 23.4 Å². The van der Waals surface area contributed by atoms with E-state index in [1.165, 1.54) is 23.9 Å². The van der Waals surface area contributed by atoms with Crippen molar-refractivity contribution in [2.75, 3.05) is 5.75 Å². The minimum atomic E-state index is -0.873. The first-order valence-electron chi connectivity index (χ1n) is 4.93. The number of rotatable bonds is 3. The normalized spacial score (nSPS) is 23.5. The quantitative estimate of drug-likeness (QED) is 0.625. The molecule has 1 aliphatic heterocycles. The first-order chi connectivity index (χ1) is 8.08. The average molecular weight is 254 g/mol. The number of nitrogens with one attached hydrogen (secondary N) is 1. The maximum absolute atomic E-state index is 10.8. The lowest BCUT2D eigenvalue weighted by Gasteiger charge is -2.10. The number of carboxylic acids is 1. The van der Waals surface area contributed by atoms with E-state index in [2.05, 4.69) is 5.32 Å². The van der Waals surface area contributed by atoms with Crippen molar-refractivity contribution in [1.29, 1.82) is 0 Å². The molecule has 1 saturated heterocycles. The molecule has 2 rings (SSSR count). The molecule has 1 aromatic carbocycles. The van der Waals surface area contributed by atoms with Crippen LogP contribution in [-0.4, -0.2) is 27.8 Å². The van der Waals surface area contributed by atoms with Crippen LogP contribution in [0.5, 0.6) is 0 Å². The van der Waals surface area contributed by atoms with E-state index in [0.717, 1.165) is 5.56 Å². The van der Waals surface area contributed by atoms with Gasteiger partial charge in [-0.2, -0.15) is 0 Å². The minimum absolute atomic E-state index is 0.0338. The fraction of sp³-hybridized carbons (Fsp3) is 0.300. The summed E-state index contributed by atoms with van der Waals surface area (Å²) in [5, 5.41) is 22.1. The van der Waals surface area contributed by atoms with E-state index in [9.17, 15) is 14.9 Å². The lowest BCUT2D eigenvalue weighted by atomic mass is 10.2. The number of nitrogens with zero attached hydrogens (tertiary/aromatic N) is 1. The van der Waals surface area contributed by atoms with Gasteiger partial charge in [-0.1, -0.05) is 0 Å². The number of hydrogen-bond acceptors (Lipinski definition) is 5. The summed E-state index contributed by atoms with van der Waals surface area (Å²) < 4.78 is 0. The molecular weight excluding hydrogens is 244 g/mol. The third-order valence-corrected chi connectivity index (χ3v) is 3.75. The Labute approximate surface area is 101 Å². The average Bonchev–Trinajstić information content (AvgIpc) is 2.78. The summed E-state index contributed by atoms with van der Waals surface area (Å²) in [6.07, 6.45) is 0. The molecule has 7 heteroatoms. The second kappa shape index (κ2) is 4.72. The van der Waals surface area contributed by atoms with Gasteiger partial charge in [0.25, 0.3) is 5.69 Å². The van der Waals surface area contributed by atoms with Crippen LogP contribution in [0.4, 0.5) is 5.69 Å². The van der Waals surface area contributed by atoms with Gasteiger partial charge in [-0.15, -0.1) is 11.8 Å². The summed E-state index contributed by atoms with van der Waals surface area (Å²) in [6, 6.07) is 5.58. The van der Waals surface area contributed by atoms with E-state index in [1.54, 1.807) is 12.1 Å². The molecule has 6 nitrogen and oxygen atoms in total. The van der Waals surface area contributed by atoms with Crippen molar-refractivity contribution in [2.24, 2.45) is 0 Å². The maximum Gasteiger partial charge on any atom is 0.321 e. The van der Waals surface area contributed by atoms with Crippen LogP contribution in [-0.2, 0) is 4.79 Å². The molecule has 90 valence electrons. The molecule has 0 unspecified atom stereocenters. The third-order valence-electron chi connectivity index (χ3n) is 2.49. The zero-order valence-corrected chi connectivity index (χ0v) is 9.52. The molecule has 0 aliphatic carbocycles. The molecular formula is C10H10N2O4S. The van der Waals surface area contributed by atoms with Gasteiger partial charge in [0.1, 0.15) is 6.04 Å². The van der Waals surface area contributed by atoms with E-state index in [1.807, 2.05) is 0 Å². The van der Waals surface area contributed by atoms with Gasteiger partial charge in [-0.25, -0.2) is 0 Å². The second-order valence-corrected chi connectivity index (χ2v) is 4.76. The zero-order valence-electron chi connectivity index (χ0n) is 8.70. The Morgan fingerprint density at radius 1 is 1.47 bits per heavy atom. The fourth-order valence-corrected chi connectivity index (χ4v) is 2.81. The van der Waals surface area contributed by atoms with Crippen LogP contribution in [0.15, 0.2) is 24.3 Å². The minimum Gasteiger partial charge on any atom is -0.480 e. The number of carboxylic acid groups (broad SMARTS) is 1. The van der Waals surface area contributed by atoms with Crippen molar-refractivity contribution < 1.29 is 14.8 Å². The predicted molar refractivity (Wildman–Crippen MR) is 62.9 cm³/mol. The molecule has 0 bridgehead atoms. The van der Waals surface area contributed by atoms with Gasteiger partial charge >= 0.3 is 5.97 Å². The topological polar surface area (TPSA) is 92.5 Å². The van der Waals surface area contributed by atoms with Gasteiger partial charge in [0.05, 0.1) is 10.3 Å². The van der Waals surface area contributed by atoms with Gasteiger partial charge in [0.2, 0.25) is 0 Å². The lowest BCUT2D eigenvalue weighted by molar-refractivity contribution is -0.384. The van der Waals surface area contributed by atoms with Gasteiger partial charge in [-0.05, 0) is 17.7 Å². The highest BCUT2D eigenvalue weighted by molar-refractivity contribution is 7.99. The van der Waals surface area contributed by atoms with Crippen molar-refractivity contribution in [3.05, 3.63) is 39.9 Å².